The summed E-state index contributed by atoms with van der Waals surface area (Å²) in [4.78, 5) is 1.66. The van der Waals surface area contributed by atoms with Gasteiger partial charge in [0.25, 0.3) is 0 Å². The first-order chi connectivity index (χ1) is 9.42. The number of para-hydroxylation sites is 1. The Labute approximate surface area is 112 Å². The number of ether oxygens (including phenoxy) is 1. The summed E-state index contributed by atoms with van der Waals surface area (Å²) >= 11 is 0. The molecule has 2 heterocycles. The zero-order valence-corrected chi connectivity index (χ0v) is 10.8. The molecule has 0 saturated carbocycles. The average molecular weight is 258 g/mol. The van der Waals surface area contributed by atoms with E-state index in [4.69, 9.17) is 4.74 Å². The van der Waals surface area contributed by atoms with Crippen molar-refractivity contribution in [1.29, 1.82) is 0 Å². The highest BCUT2D eigenvalue weighted by molar-refractivity contribution is 5.28. The second-order valence-corrected chi connectivity index (χ2v) is 4.76. The lowest BCUT2D eigenvalue weighted by Gasteiger charge is -2.22. The zero-order valence-electron chi connectivity index (χ0n) is 10.8. The minimum absolute atomic E-state index is 0.440. The number of aromatic nitrogens is 3. The summed E-state index contributed by atoms with van der Waals surface area (Å²) in [5.74, 6) is 0. The monoisotopic (exact) mass is 258 g/mol. The van der Waals surface area contributed by atoms with Gasteiger partial charge in [0, 0.05) is 19.2 Å². The predicted molar refractivity (Wildman–Crippen MR) is 72.0 cm³/mol. The Morgan fingerprint density at radius 3 is 3.00 bits per heavy atom. The molecule has 5 nitrogen and oxygen atoms in total. The number of hydrogen-bond donors (Lipinski definition) is 1. The first-order valence-corrected chi connectivity index (χ1v) is 6.69. The van der Waals surface area contributed by atoms with Crippen LogP contribution in [0.5, 0.6) is 0 Å². The quantitative estimate of drug-likeness (QED) is 0.903. The van der Waals surface area contributed by atoms with Crippen LogP contribution in [-0.2, 0) is 11.3 Å². The summed E-state index contributed by atoms with van der Waals surface area (Å²) in [7, 11) is 0. The molecule has 1 N–H and O–H groups in total. The highest BCUT2D eigenvalue weighted by Gasteiger charge is 2.13. The predicted octanol–water partition coefficient (Wildman–Crippen LogP) is 1.54. The summed E-state index contributed by atoms with van der Waals surface area (Å²) in [6.45, 7) is 2.43. The minimum atomic E-state index is 0.440. The van der Waals surface area contributed by atoms with Gasteiger partial charge in [-0.15, -0.1) is 0 Å². The van der Waals surface area contributed by atoms with Crippen LogP contribution in [0.1, 0.15) is 18.5 Å². The molecule has 5 heteroatoms. The van der Waals surface area contributed by atoms with Crippen LogP contribution in [0.3, 0.4) is 0 Å². The third-order valence-corrected chi connectivity index (χ3v) is 3.26. The van der Waals surface area contributed by atoms with Gasteiger partial charge in [0.2, 0.25) is 0 Å². The zero-order chi connectivity index (χ0) is 12.9. The normalized spacial score (nSPS) is 19.5. The smallest absolute Gasteiger partial charge is 0.0969 e. The second kappa shape index (κ2) is 5.95. The van der Waals surface area contributed by atoms with Crippen LogP contribution in [0.4, 0.5) is 0 Å². The van der Waals surface area contributed by atoms with Gasteiger partial charge < -0.3 is 10.1 Å². The van der Waals surface area contributed by atoms with Crippen molar-refractivity contribution in [3.8, 4) is 5.69 Å². The summed E-state index contributed by atoms with van der Waals surface area (Å²) in [5.41, 5.74) is 1.93. The van der Waals surface area contributed by atoms with E-state index in [0.717, 1.165) is 37.6 Å². The lowest BCUT2D eigenvalue weighted by atomic mass is 10.1. The van der Waals surface area contributed by atoms with E-state index < -0.39 is 0 Å². The van der Waals surface area contributed by atoms with Crippen molar-refractivity contribution in [2.75, 3.05) is 13.2 Å². The highest BCUT2D eigenvalue weighted by atomic mass is 16.5. The van der Waals surface area contributed by atoms with E-state index in [1.807, 2.05) is 36.5 Å². The molecule has 1 aromatic heterocycles. The Balaban J connectivity index is 1.59. The SMILES string of the molecule is c1ccc(-n2ncc(CNC3CCCOC3)n2)cc1. The van der Waals surface area contributed by atoms with Crippen LogP contribution in [0.15, 0.2) is 36.5 Å². The molecule has 0 aliphatic carbocycles. The van der Waals surface area contributed by atoms with Gasteiger partial charge in [-0.25, -0.2) is 0 Å². The summed E-state index contributed by atoms with van der Waals surface area (Å²) in [6, 6.07) is 10.4. The summed E-state index contributed by atoms with van der Waals surface area (Å²) in [5, 5.41) is 12.2. The molecule has 2 aromatic rings. The van der Waals surface area contributed by atoms with Crippen LogP contribution in [0, 0.1) is 0 Å². The third-order valence-electron chi connectivity index (χ3n) is 3.26. The van der Waals surface area contributed by atoms with Crippen molar-refractivity contribution in [3.05, 3.63) is 42.2 Å². The Kier molecular flexibility index (Phi) is 3.86. The van der Waals surface area contributed by atoms with E-state index in [1.165, 1.54) is 6.42 Å². The average Bonchev–Trinajstić information content (AvgIpc) is 2.96. The van der Waals surface area contributed by atoms with Crippen molar-refractivity contribution in [2.45, 2.75) is 25.4 Å². The fourth-order valence-electron chi connectivity index (χ4n) is 2.21. The summed E-state index contributed by atoms with van der Waals surface area (Å²) in [6.07, 6.45) is 4.12. The Hall–Kier alpha value is -1.72. The number of nitrogens with zero attached hydrogens (tertiary/aromatic N) is 3. The largest absolute Gasteiger partial charge is 0.380 e. The maximum absolute atomic E-state index is 5.44. The third kappa shape index (κ3) is 3.19. The molecule has 3 rings (SSSR count). The molecule has 19 heavy (non-hydrogen) atoms. The van der Waals surface area contributed by atoms with Crippen molar-refractivity contribution >= 4 is 0 Å². The fourth-order valence-corrected chi connectivity index (χ4v) is 2.21. The van der Waals surface area contributed by atoms with Crippen LogP contribution in [0.2, 0.25) is 0 Å². The maximum atomic E-state index is 5.44. The van der Waals surface area contributed by atoms with E-state index in [-0.39, 0.29) is 0 Å². The van der Waals surface area contributed by atoms with E-state index >= 15 is 0 Å². The van der Waals surface area contributed by atoms with Gasteiger partial charge in [-0.05, 0) is 25.0 Å². The van der Waals surface area contributed by atoms with Gasteiger partial charge in [-0.2, -0.15) is 15.0 Å². The van der Waals surface area contributed by atoms with Gasteiger partial charge >= 0.3 is 0 Å². The standard InChI is InChI=1S/C14H18N4O/c1-2-6-14(7-3-1)18-16-10-13(17-18)9-15-12-5-4-8-19-11-12/h1-3,6-7,10,12,15H,4-5,8-9,11H2. The lowest BCUT2D eigenvalue weighted by Crippen LogP contribution is -2.36. The van der Waals surface area contributed by atoms with Crippen LogP contribution in [-0.4, -0.2) is 34.2 Å². The molecule has 0 amide bonds. The molecule has 1 unspecified atom stereocenters. The van der Waals surface area contributed by atoms with Crippen molar-refractivity contribution in [1.82, 2.24) is 20.3 Å². The number of rotatable bonds is 4. The fraction of sp³-hybridized carbons (Fsp3) is 0.429. The number of nitrogens with one attached hydrogen (secondary N) is 1. The Morgan fingerprint density at radius 2 is 2.21 bits per heavy atom. The molecule has 0 bridgehead atoms. The molecule has 1 aliphatic rings. The molecule has 1 atom stereocenters. The molecule has 100 valence electrons. The van der Waals surface area contributed by atoms with Crippen LogP contribution < -0.4 is 5.32 Å². The van der Waals surface area contributed by atoms with Gasteiger partial charge in [-0.3, -0.25) is 0 Å². The minimum Gasteiger partial charge on any atom is -0.380 e. The molecule has 0 radical (unpaired) electrons. The van der Waals surface area contributed by atoms with Crippen molar-refractivity contribution < 1.29 is 4.74 Å². The molecule has 1 aromatic carbocycles. The highest BCUT2D eigenvalue weighted by Crippen LogP contribution is 2.07. The van der Waals surface area contributed by atoms with Gasteiger partial charge in [0.15, 0.2) is 0 Å². The topological polar surface area (TPSA) is 52.0 Å². The van der Waals surface area contributed by atoms with Gasteiger partial charge in [0.05, 0.1) is 24.2 Å². The number of benzene rings is 1. The molecule has 1 fully saturated rings. The van der Waals surface area contributed by atoms with E-state index in [2.05, 4.69) is 15.5 Å². The van der Waals surface area contributed by atoms with E-state index in [1.54, 1.807) is 4.80 Å². The number of hydrogen-bond acceptors (Lipinski definition) is 4. The van der Waals surface area contributed by atoms with E-state index in [0.29, 0.717) is 6.04 Å². The Morgan fingerprint density at radius 1 is 1.32 bits per heavy atom. The van der Waals surface area contributed by atoms with Crippen LogP contribution >= 0.6 is 0 Å². The van der Waals surface area contributed by atoms with Gasteiger partial charge in [0.1, 0.15) is 0 Å². The molecular weight excluding hydrogens is 240 g/mol. The molecule has 0 spiro atoms. The van der Waals surface area contributed by atoms with Crippen molar-refractivity contribution in [3.63, 3.8) is 0 Å². The Bertz CT molecular complexity index is 505. The first-order valence-electron chi connectivity index (χ1n) is 6.69. The first kappa shape index (κ1) is 12.3. The summed E-state index contributed by atoms with van der Waals surface area (Å²) < 4.78 is 5.44. The maximum Gasteiger partial charge on any atom is 0.0969 e. The van der Waals surface area contributed by atoms with Crippen LogP contribution in [0.25, 0.3) is 5.69 Å². The van der Waals surface area contributed by atoms with Gasteiger partial charge in [-0.1, -0.05) is 18.2 Å². The van der Waals surface area contributed by atoms with Crippen molar-refractivity contribution in [2.24, 2.45) is 0 Å². The molecule has 1 aliphatic heterocycles. The lowest BCUT2D eigenvalue weighted by molar-refractivity contribution is 0.0698. The molecular formula is C14H18N4O. The van der Waals surface area contributed by atoms with E-state index in [9.17, 15) is 0 Å². The second-order valence-electron chi connectivity index (χ2n) is 4.76. The molecule has 1 saturated heterocycles.